The first-order chi connectivity index (χ1) is 15.0. The molecule has 3 atom stereocenters. The Labute approximate surface area is 186 Å². The number of carbonyl (C=O) groups is 2. The molecule has 180 valence electrons. The molecule has 1 fully saturated rings. The average Bonchev–Trinajstić information content (AvgIpc) is 3.59. The first-order valence-corrected chi connectivity index (χ1v) is 10.6. The summed E-state index contributed by atoms with van der Waals surface area (Å²) < 4.78 is 43.8. The lowest BCUT2D eigenvalue weighted by atomic mass is 10.0. The van der Waals surface area contributed by atoms with Gasteiger partial charge in [-0.05, 0) is 44.0 Å². The number of amides is 3. The molecule has 2 rings (SSSR count). The second kappa shape index (κ2) is 11.0. The van der Waals surface area contributed by atoms with Gasteiger partial charge < -0.3 is 25.0 Å². The molecule has 0 bridgehead atoms. The van der Waals surface area contributed by atoms with Gasteiger partial charge in [-0.25, -0.2) is 4.79 Å². The fourth-order valence-corrected chi connectivity index (χ4v) is 3.42. The molecule has 0 aliphatic heterocycles. The minimum atomic E-state index is -4.46. The number of benzene rings is 1. The van der Waals surface area contributed by atoms with Crippen molar-refractivity contribution in [3.8, 4) is 0 Å². The van der Waals surface area contributed by atoms with Crippen LogP contribution in [-0.4, -0.2) is 72.8 Å². The topological polar surface area (TPSA) is 82.1 Å². The molecule has 1 aromatic carbocycles. The molecule has 0 heterocycles. The van der Waals surface area contributed by atoms with Crippen molar-refractivity contribution in [3.05, 3.63) is 29.8 Å². The zero-order chi connectivity index (χ0) is 24.1. The molecule has 0 unspecified atom stereocenters. The molecular formula is C22H32F3N3O4. The van der Waals surface area contributed by atoms with Crippen LogP contribution in [0.2, 0.25) is 0 Å². The van der Waals surface area contributed by atoms with Gasteiger partial charge in [0, 0.05) is 44.8 Å². The number of aliphatic hydroxyl groups excluding tert-OH is 1. The zero-order valence-corrected chi connectivity index (χ0v) is 18.9. The Hall–Kier alpha value is -2.33. The van der Waals surface area contributed by atoms with Gasteiger partial charge in [-0.1, -0.05) is 6.92 Å². The minimum absolute atomic E-state index is 0.0832. The highest BCUT2D eigenvalue weighted by Crippen LogP contribution is 2.31. The molecule has 3 amide bonds. The van der Waals surface area contributed by atoms with Crippen molar-refractivity contribution >= 4 is 17.6 Å². The van der Waals surface area contributed by atoms with Crippen LogP contribution in [0.1, 0.15) is 32.3 Å². The van der Waals surface area contributed by atoms with E-state index in [0.717, 1.165) is 25.0 Å². The van der Waals surface area contributed by atoms with E-state index in [-0.39, 0.29) is 42.7 Å². The SMILES string of the molecule is CO[C@H](CN(C)C(=O)C1CC1)[C@@H](C)CN(C(=O)Nc1ccc(C(F)(F)F)cc1)[C@@H](C)CO. The second-order valence-electron chi connectivity index (χ2n) is 8.43. The van der Waals surface area contributed by atoms with E-state index in [1.165, 1.54) is 17.0 Å². The number of halogens is 3. The zero-order valence-electron chi connectivity index (χ0n) is 18.9. The van der Waals surface area contributed by atoms with Crippen molar-refractivity contribution in [2.24, 2.45) is 11.8 Å². The molecule has 0 spiro atoms. The minimum Gasteiger partial charge on any atom is -0.394 e. The maximum atomic E-state index is 12.8. The van der Waals surface area contributed by atoms with Crippen LogP contribution in [0.5, 0.6) is 0 Å². The number of urea groups is 1. The number of rotatable bonds is 10. The molecule has 0 radical (unpaired) electrons. The van der Waals surface area contributed by atoms with Crippen molar-refractivity contribution in [3.63, 3.8) is 0 Å². The van der Waals surface area contributed by atoms with Crippen molar-refractivity contribution in [1.82, 2.24) is 9.80 Å². The van der Waals surface area contributed by atoms with Gasteiger partial charge in [0.05, 0.1) is 24.3 Å². The Morgan fingerprint density at radius 3 is 2.25 bits per heavy atom. The Bertz CT molecular complexity index is 769. The summed E-state index contributed by atoms with van der Waals surface area (Å²) in [5, 5.41) is 12.2. The molecule has 1 saturated carbocycles. The quantitative estimate of drug-likeness (QED) is 0.562. The number of nitrogens with zero attached hydrogens (tertiary/aromatic N) is 2. The van der Waals surface area contributed by atoms with Gasteiger partial charge in [-0.3, -0.25) is 4.79 Å². The highest BCUT2D eigenvalue weighted by molar-refractivity contribution is 5.89. The number of likely N-dealkylation sites (N-methyl/N-ethyl adjacent to an activating group) is 1. The fraction of sp³-hybridized carbons (Fsp3) is 0.636. The van der Waals surface area contributed by atoms with Crippen LogP contribution in [0, 0.1) is 11.8 Å². The summed E-state index contributed by atoms with van der Waals surface area (Å²) in [6.07, 6.45) is -2.99. The van der Waals surface area contributed by atoms with Crippen molar-refractivity contribution < 1.29 is 32.6 Å². The Morgan fingerprint density at radius 2 is 1.78 bits per heavy atom. The summed E-state index contributed by atoms with van der Waals surface area (Å²) in [7, 11) is 3.27. The molecule has 1 aromatic rings. The molecule has 2 N–H and O–H groups in total. The van der Waals surface area contributed by atoms with E-state index in [9.17, 15) is 27.9 Å². The Morgan fingerprint density at radius 1 is 1.19 bits per heavy atom. The first kappa shape index (κ1) is 25.9. The lowest BCUT2D eigenvalue weighted by Gasteiger charge is -2.34. The standard InChI is InChI=1S/C22H32F3N3O4/c1-14(19(32-4)12-27(3)20(30)16-5-6-16)11-28(15(2)13-29)21(31)26-18-9-7-17(8-10-18)22(23,24)25/h7-10,14-16,19,29H,5-6,11-13H2,1-4H3,(H,26,31)/t14-,15-,19+/m0/s1. The number of carbonyl (C=O) groups excluding carboxylic acids is 2. The van der Waals surface area contributed by atoms with Crippen LogP contribution in [0.3, 0.4) is 0 Å². The number of methoxy groups -OCH3 is 1. The molecule has 0 aromatic heterocycles. The molecule has 0 saturated heterocycles. The fourth-order valence-electron chi connectivity index (χ4n) is 3.42. The molecule has 32 heavy (non-hydrogen) atoms. The highest BCUT2D eigenvalue weighted by Gasteiger charge is 2.34. The van der Waals surface area contributed by atoms with E-state index in [2.05, 4.69) is 5.32 Å². The summed E-state index contributed by atoms with van der Waals surface area (Å²) >= 11 is 0. The van der Waals surface area contributed by atoms with Crippen LogP contribution < -0.4 is 5.32 Å². The van der Waals surface area contributed by atoms with Gasteiger partial charge in [-0.15, -0.1) is 0 Å². The van der Waals surface area contributed by atoms with Gasteiger partial charge in [0.1, 0.15) is 0 Å². The number of anilines is 1. The third-order valence-corrected chi connectivity index (χ3v) is 5.70. The van der Waals surface area contributed by atoms with E-state index in [1.54, 1.807) is 26.0 Å². The van der Waals surface area contributed by atoms with E-state index in [0.29, 0.717) is 6.54 Å². The molecule has 1 aliphatic carbocycles. The number of aliphatic hydroxyl groups is 1. The summed E-state index contributed by atoms with van der Waals surface area (Å²) in [6.45, 7) is 3.85. The molecule has 7 nitrogen and oxygen atoms in total. The normalized spacial score (nSPS) is 16.8. The van der Waals surface area contributed by atoms with Gasteiger partial charge >= 0.3 is 12.2 Å². The average molecular weight is 460 g/mol. The number of hydrogen-bond acceptors (Lipinski definition) is 4. The van der Waals surface area contributed by atoms with Crippen LogP contribution in [0.25, 0.3) is 0 Å². The number of hydrogen-bond donors (Lipinski definition) is 2. The monoisotopic (exact) mass is 459 g/mol. The lowest BCUT2D eigenvalue weighted by Crippen LogP contribution is -2.49. The molecular weight excluding hydrogens is 427 g/mol. The maximum Gasteiger partial charge on any atom is 0.416 e. The van der Waals surface area contributed by atoms with Crippen LogP contribution in [0.15, 0.2) is 24.3 Å². The van der Waals surface area contributed by atoms with Crippen LogP contribution in [0.4, 0.5) is 23.7 Å². The second-order valence-corrected chi connectivity index (χ2v) is 8.43. The predicted octanol–water partition coefficient (Wildman–Crippen LogP) is 3.44. The number of alkyl halides is 3. The van der Waals surface area contributed by atoms with E-state index in [1.807, 2.05) is 6.92 Å². The Balaban J connectivity index is 2.04. The van der Waals surface area contributed by atoms with E-state index < -0.39 is 23.8 Å². The smallest absolute Gasteiger partial charge is 0.394 e. The number of ether oxygens (including phenoxy) is 1. The maximum absolute atomic E-state index is 12.8. The summed E-state index contributed by atoms with van der Waals surface area (Å²) in [6, 6.07) is 3.08. The van der Waals surface area contributed by atoms with Gasteiger partial charge in [0.15, 0.2) is 0 Å². The third-order valence-electron chi connectivity index (χ3n) is 5.70. The van der Waals surface area contributed by atoms with Crippen LogP contribution in [-0.2, 0) is 15.7 Å². The third kappa shape index (κ3) is 7.09. The predicted molar refractivity (Wildman–Crippen MR) is 114 cm³/mol. The first-order valence-electron chi connectivity index (χ1n) is 10.6. The van der Waals surface area contributed by atoms with Gasteiger partial charge in [-0.2, -0.15) is 13.2 Å². The summed E-state index contributed by atoms with van der Waals surface area (Å²) in [4.78, 5) is 28.1. The van der Waals surface area contributed by atoms with E-state index in [4.69, 9.17) is 4.74 Å². The van der Waals surface area contributed by atoms with Crippen LogP contribution >= 0.6 is 0 Å². The lowest BCUT2D eigenvalue weighted by molar-refractivity contribution is -0.137. The highest BCUT2D eigenvalue weighted by atomic mass is 19.4. The number of nitrogens with one attached hydrogen (secondary N) is 1. The van der Waals surface area contributed by atoms with Gasteiger partial charge in [0.2, 0.25) is 5.91 Å². The Kier molecular flexibility index (Phi) is 8.91. The molecule has 10 heteroatoms. The summed E-state index contributed by atoms with van der Waals surface area (Å²) in [5.41, 5.74) is -0.596. The largest absolute Gasteiger partial charge is 0.416 e. The molecule has 1 aliphatic rings. The van der Waals surface area contributed by atoms with Gasteiger partial charge in [0.25, 0.3) is 0 Å². The van der Waals surface area contributed by atoms with Crippen molar-refractivity contribution in [2.45, 2.75) is 45.0 Å². The van der Waals surface area contributed by atoms with Crippen molar-refractivity contribution in [1.29, 1.82) is 0 Å². The van der Waals surface area contributed by atoms with E-state index >= 15 is 0 Å². The summed E-state index contributed by atoms with van der Waals surface area (Å²) in [5.74, 6) is -0.00470. The van der Waals surface area contributed by atoms with Crippen molar-refractivity contribution in [2.75, 3.05) is 39.2 Å².